The highest BCUT2D eigenvalue weighted by atomic mass is 16.5. The molecule has 0 heterocycles. The monoisotopic (exact) mass is 270 g/mol. The van der Waals surface area contributed by atoms with Crippen molar-refractivity contribution in [2.24, 2.45) is 5.73 Å². The van der Waals surface area contributed by atoms with Crippen LogP contribution in [0.2, 0.25) is 0 Å². The molecule has 20 heavy (non-hydrogen) atoms. The Kier molecular flexibility index (Phi) is 4.00. The van der Waals surface area contributed by atoms with Crippen molar-refractivity contribution in [2.75, 3.05) is 12.0 Å². The minimum Gasteiger partial charge on any atom is -0.497 e. The number of nitrogens with two attached hydrogens (primary N) is 1. The van der Waals surface area contributed by atoms with Gasteiger partial charge in [-0.25, -0.2) is 9.69 Å². The highest BCUT2D eigenvalue weighted by Gasteiger charge is 2.22. The number of methoxy groups -OCH3 is 1. The summed E-state index contributed by atoms with van der Waals surface area (Å²) in [6, 6.07) is 14.2. The number of anilines is 1. The molecule has 5 heteroatoms. The highest BCUT2D eigenvalue weighted by molar-refractivity contribution is 6.20. The van der Waals surface area contributed by atoms with Gasteiger partial charge in [0.15, 0.2) is 0 Å². The van der Waals surface area contributed by atoms with Crippen molar-refractivity contribution in [3.8, 4) is 5.75 Å². The van der Waals surface area contributed by atoms with Crippen LogP contribution in [0.4, 0.5) is 10.5 Å². The molecule has 0 saturated carbocycles. The minimum absolute atomic E-state index is 0.326. The molecule has 3 amide bonds. The lowest BCUT2D eigenvalue weighted by molar-refractivity contribution is 0.0995. The first-order valence-corrected chi connectivity index (χ1v) is 5.96. The highest BCUT2D eigenvalue weighted by Crippen LogP contribution is 2.19. The molecular formula is C15H14N2O3. The number of para-hydroxylation sites is 1. The van der Waals surface area contributed by atoms with E-state index >= 15 is 0 Å². The SMILES string of the molecule is COc1cccc(C(=O)N(C(N)=O)c2ccccc2)c1. The molecule has 102 valence electrons. The number of nitrogens with zero attached hydrogens (tertiary/aromatic N) is 1. The van der Waals surface area contributed by atoms with Gasteiger partial charge < -0.3 is 10.5 Å². The standard InChI is InChI=1S/C15H14N2O3/c1-20-13-9-5-6-11(10-13)14(18)17(15(16)19)12-7-3-2-4-8-12/h2-10H,1H3,(H2,16,19). The van der Waals surface area contributed by atoms with Gasteiger partial charge in [0.2, 0.25) is 0 Å². The molecule has 0 aliphatic rings. The van der Waals surface area contributed by atoms with Gasteiger partial charge in [-0.15, -0.1) is 0 Å². The van der Waals surface area contributed by atoms with E-state index in [1.165, 1.54) is 7.11 Å². The van der Waals surface area contributed by atoms with Crippen molar-refractivity contribution >= 4 is 17.6 Å². The van der Waals surface area contributed by atoms with Gasteiger partial charge in [-0.3, -0.25) is 4.79 Å². The van der Waals surface area contributed by atoms with Gasteiger partial charge in [0.1, 0.15) is 5.75 Å². The van der Waals surface area contributed by atoms with E-state index in [2.05, 4.69) is 0 Å². The minimum atomic E-state index is -0.830. The molecule has 0 spiro atoms. The molecule has 0 unspecified atom stereocenters. The number of carbonyl (C=O) groups excluding carboxylic acids is 2. The van der Waals surface area contributed by atoms with Crippen molar-refractivity contribution in [1.82, 2.24) is 0 Å². The first kappa shape index (κ1) is 13.6. The first-order chi connectivity index (χ1) is 9.63. The number of ether oxygens (including phenoxy) is 1. The molecule has 2 N–H and O–H groups in total. The molecule has 0 aromatic heterocycles. The number of amides is 3. The van der Waals surface area contributed by atoms with Crippen molar-refractivity contribution < 1.29 is 14.3 Å². The fourth-order valence-electron chi connectivity index (χ4n) is 1.81. The van der Waals surface area contributed by atoms with Crippen LogP contribution in [0, 0.1) is 0 Å². The fourth-order valence-corrected chi connectivity index (χ4v) is 1.81. The molecule has 0 aliphatic carbocycles. The third-order valence-corrected chi connectivity index (χ3v) is 2.75. The van der Waals surface area contributed by atoms with Crippen LogP contribution in [0.1, 0.15) is 10.4 Å². The van der Waals surface area contributed by atoms with Crippen LogP contribution in [0.25, 0.3) is 0 Å². The van der Waals surface area contributed by atoms with E-state index in [4.69, 9.17) is 10.5 Å². The summed E-state index contributed by atoms with van der Waals surface area (Å²) in [5.41, 5.74) is 6.06. The van der Waals surface area contributed by atoms with Gasteiger partial charge in [0.25, 0.3) is 5.91 Å². The smallest absolute Gasteiger partial charge is 0.326 e. The lowest BCUT2D eigenvalue weighted by atomic mass is 10.1. The second-order valence-corrected chi connectivity index (χ2v) is 4.05. The Labute approximate surface area is 116 Å². The average molecular weight is 270 g/mol. The van der Waals surface area contributed by atoms with Crippen molar-refractivity contribution in [2.45, 2.75) is 0 Å². The van der Waals surface area contributed by atoms with E-state index in [1.807, 2.05) is 0 Å². The Balaban J connectivity index is 2.39. The molecule has 2 aromatic rings. The molecule has 0 saturated heterocycles. The number of hydrogen-bond acceptors (Lipinski definition) is 3. The van der Waals surface area contributed by atoms with Crippen molar-refractivity contribution in [3.05, 3.63) is 60.2 Å². The van der Waals surface area contributed by atoms with E-state index in [1.54, 1.807) is 54.6 Å². The second kappa shape index (κ2) is 5.88. The number of rotatable bonds is 3. The van der Waals surface area contributed by atoms with Crippen LogP contribution in [0.15, 0.2) is 54.6 Å². The fraction of sp³-hybridized carbons (Fsp3) is 0.0667. The third-order valence-electron chi connectivity index (χ3n) is 2.75. The lowest BCUT2D eigenvalue weighted by Crippen LogP contribution is -2.40. The average Bonchev–Trinajstić information content (AvgIpc) is 2.48. The quantitative estimate of drug-likeness (QED) is 0.930. The number of imide groups is 1. The maximum absolute atomic E-state index is 12.4. The van der Waals surface area contributed by atoms with Crippen LogP contribution in [0.3, 0.4) is 0 Å². The van der Waals surface area contributed by atoms with Gasteiger partial charge in [-0.05, 0) is 30.3 Å². The van der Waals surface area contributed by atoms with Gasteiger partial charge in [-0.1, -0.05) is 24.3 Å². The van der Waals surface area contributed by atoms with E-state index in [-0.39, 0.29) is 0 Å². The van der Waals surface area contributed by atoms with Crippen LogP contribution in [-0.4, -0.2) is 19.0 Å². The molecule has 0 radical (unpaired) electrons. The molecule has 2 aromatic carbocycles. The molecule has 0 aliphatic heterocycles. The van der Waals surface area contributed by atoms with E-state index < -0.39 is 11.9 Å². The van der Waals surface area contributed by atoms with Crippen LogP contribution < -0.4 is 15.4 Å². The summed E-state index contributed by atoms with van der Waals surface area (Å²) >= 11 is 0. The number of hydrogen-bond donors (Lipinski definition) is 1. The number of benzene rings is 2. The first-order valence-electron chi connectivity index (χ1n) is 5.96. The normalized spacial score (nSPS) is 9.85. The number of carbonyl (C=O) groups is 2. The second-order valence-electron chi connectivity index (χ2n) is 4.05. The number of urea groups is 1. The Hall–Kier alpha value is -2.82. The van der Waals surface area contributed by atoms with Crippen LogP contribution in [-0.2, 0) is 0 Å². The van der Waals surface area contributed by atoms with E-state index in [0.717, 1.165) is 4.90 Å². The van der Waals surface area contributed by atoms with Crippen LogP contribution >= 0.6 is 0 Å². The maximum Gasteiger partial charge on any atom is 0.326 e. The summed E-state index contributed by atoms with van der Waals surface area (Å²) in [5.74, 6) is 0.0379. The maximum atomic E-state index is 12.4. The predicted octanol–water partition coefficient (Wildman–Crippen LogP) is 2.42. The molecule has 5 nitrogen and oxygen atoms in total. The summed E-state index contributed by atoms with van der Waals surface area (Å²) in [7, 11) is 1.51. The Morgan fingerprint density at radius 3 is 2.35 bits per heavy atom. The Morgan fingerprint density at radius 1 is 1.05 bits per heavy atom. The largest absolute Gasteiger partial charge is 0.497 e. The summed E-state index contributed by atoms with van der Waals surface area (Å²) in [6.45, 7) is 0. The summed E-state index contributed by atoms with van der Waals surface area (Å²) in [4.78, 5) is 24.9. The van der Waals surface area contributed by atoms with Crippen molar-refractivity contribution in [3.63, 3.8) is 0 Å². The Bertz CT molecular complexity index is 626. The zero-order valence-electron chi connectivity index (χ0n) is 10.9. The zero-order valence-corrected chi connectivity index (χ0v) is 10.9. The predicted molar refractivity (Wildman–Crippen MR) is 75.8 cm³/mol. The van der Waals surface area contributed by atoms with E-state index in [9.17, 15) is 9.59 Å². The van der Waals surface area contributed by atoms with Crippen molar-refractivity contribution in [1.29, 1.82) is 0 Å². The zero-order chi connectivity index (χ0) is 14.5. The third kappa shape index (κ3) is 2.77. The van der Waals surface area contributed by atoms with Gasteiger partial charge in [0.05, 0.1) is 12.8 Å². The van der Waals surface area contributed by atoms with Gasteiger partial charge in [0, 0.05) is 5.56 Å². The topological polar surface area (TPSA) is 72.6 Å². The molecule has 0 bridgehead atoms. The molecular weight excluding hydrogens is 256 g/mol. The summed E-state index contributed by atoms with van der Waals surface area (Å²) < 4.78 is 5.06. The molecule has 2 rings (SSSR count). The van der Waals surface area contributed by atoms with E-state index in [0.29, 0.717) is 17.0 Å². The Morgan fingerprint density at radius 2 is 1.75 bits per heavy atom. The van der Waals surface area contributed by atoms with Crippen LogP contribution in [0.5, 0.6) is 5.75 Å². The number of primary amides is 1. The summed E-state index contributed by atoms with van der Waals surface area (Å²) in [5, 5.41) is 0. The van der Waals surface area contributed by atoms with Gasteiger partial charge >= 0.3 is 6.03 Å². The van der Waals surface area contributed by atoms with Gasteiger partial charge in [-0.2, -0.15) is 0 Å². The summed E-state index contributed by atoms with van der Waals surface area (Å²) in [6.07, 6.45) is 0. The molecule has 0 atom stereocenters. The molecule has 0 fully saturated rings. The lowest BCUT2D eigenvalue weighted by Gasteiger charge is -2.18.